The minimum Gasteiger partial charge on any atom is -0.343 e. The van der Waals surface area contributed by atoms with Crippen molar-refractivity contribution >= 4 is 28.6 Å². The second kappa shape index (κ2) is 8.82. The van der Waals surface area contributed by atoms with Crippen LogP contribution in [0.2, 0.25) is 0 Å². The first-order valence-electron chi connectivity index (χ1n) is 10.4. The summed E-state index contributed by atoms with van der Waals surface area (Å²) in [5.74, 6) is -1.19. The van der Waals surface area contributed by atoms with Gasteiger partial charge in [0.15, 0.2) is 0 Å². The summed E-state index contributed by atoms with van der Waals surface area (Å²) in [6, 6.07) is 11.3. The fourth-order valence-electron chi connectivity index (χ4n) is 3.86. The van der Waals surface area contributed by atoms with E-state index in [-0.39, 0.29) is 29.5 Å². The predicted molar refractivity (Wildman–Crippen MR) is 124 cm³/mol. The van der Waals surface area contributed by atoms with Gasteiger partial charge in [0.2, 0.25) is 5.91 Å². The molecular formula is C25H23FN4O3. The number of anilines is 1. The molecule has 2 N–H and O–H groups in total. The molecule has 2 aromatic carbocycles. The van der Waals surface area contributed by atoms with Gasteiger partial charge in [-0.2, -0.15) is 0 Å². The number of amides is 2. The molecule has 4 aromatic rings. The second-order valence-electron chi connectivity index (χ2n) is 8.01. The van der Waals surface area contributed by atoms with E-state index in [1.807, 2.05) is 32.9 Å². The molecular weight excluding hydrogens is 423 g/mol. The number of carbonyl (C=O) groups excluding carboxylic acids is 2. The summed E-state index contributed by atoms with van der Waals surface area (Å²) in [6.45, 7) is 7.33. The molecule has 2 amide bonds. The normalized spacial score (nSPS) is 10.9. The molecule has 33 heavy (non-hydrogen) atoms. The number of rotatable bonds is 5. The summed E-state index contributed by atoms with van der Waals surface area (Å²) in [5.41, 5.74) is 5.76. The van der Waals surface area contributed by atoms with Gasteiger partial charge in [0.1, 0.15) is 5.82 Å². The Morgan fingerprint density at radius 3 is 2.33 bits per heavy atom. The van der Waals surface area contributed by atoms with Gasteiger partial charge in [-0.25, -0.2) is 9.37 Å². The monoisotopic (exact) mass is 446 g/mol. The van der Waals surface area contributed by atoms with Crippen LogP contribution >= 0.6 is 0 Å². The topological polar surface area (TPSA) is 97.1 Å². The minimum absolute atomic E-state index is 0.190. The van der Waals surface area contributed by atoms with Crippen LogP contribution in [0.5, 0.6) is 0 Å². The third-order valence-corrected chi connectivity index (χ3v) is 5.35. The first kappa shape index (κ1) is 22.1. The zero-order valence-corrected chi connectivity index (χ0v) is 18.7. The Morgan fingerprint density at radius 1 is 1.00 bits per heavy atom. The highest BCUT2D eigenvalue weighted by Crippen LogP contribution is 2.27. The molecule has 4 rings (SSSR count). The highest BCUT2D eigenvalue weighted by Gasteiger charge is 2.20. The van der Waals surface area contributed by atoms with Crippen LogP contribution < -0.4 is 10.6 Å². The average molecular weight is 446 g/mol. The lowest BCUT2D eigenvalue weighted by Gasteiger charge is -2.13. The summed E-state index contributed by atoms with van der Waals surface area (Å²) >= 11 is 0. The van der Waals surface area contributed by atoms with Gasteiger partial charge in [-0.1, -0.05) is 22.9 Å². The molecule has 0 atom stereocenters. The van der Waals surface area contributed by atoms with Crippen molar-refractivity contribution in [3.8, 4) is 11.3 Å². The van der Waals surface area contributed by atoms with E-state index in [9.17, 15) is 14.0 Å². The first-order chi connectivity index (χ1) is 15.7. The lowest BCUT2D eigenvalue weighted by atomic mass is 10.0. The lowest BCUT2D eigenvalue weighted by Crippen LogP contribution is -2.33. The van der Waals surface area contributed by atoms with Gasteiger partial charge in [-0.3, -0.25) is 9.59 Å². The third kappa shape index (κ3) is 4.59. The summed E-state index contributed by atoms with van der Waals surface area (Å²) in [6.07, 6.45) is 0. The number of aryl methyl sites for hydroxylation is 4. The van der Waals surface area contributed by atoms with Gasteiger partial charge in [0, 0.05) is 11.3 Å². The van der Waals surface area contributed by atoms with Crippen molar-refractivity contribution in [2.75, 3.05) is 11.9 Å². The van der Waals surface area contributed by atoms with Crippen LogP contribution in [0, 0.1) is 33.5 Å². The number of carbonyl (C=O) groups is 2. The van der Waals surface area contributed by atoms with E-state index in [0.717, 1.165) is 22.4 Å². The largest absolute Gasteiger partial charge is 0.343 e. The van der Waals surface area contributed by atoms with Gasteiger partial charge >= 0.3 is 0 Å². The molecule has 8 heteroatoms. The van der Waals surface area contributed by atoms with Gasteiger partial charge in [0.05, 0.1) is 28.9 Å². The number of hydrogen-bond acceptors (Lipinski definition) is 5. The third-order valence-electron chi connectivity index (χ3n) is 5.35. The van der Waals surface area contributed by atoms with E-state index in [4.69, 9.17) is 4.52 Å². The fraction of sp³-hybridized carbons (Fsp3) is 0.200. The number of halogens is 1. The Kier molecular flexibility index (Phi) is 5.91. The van der Waals surface area contributed by atoms with Gasteiger partial charge in [-0.05, 0) is 69.2 Å². The summed E-state index contributed by atoms with van der Waals surface area (Å²) < 4.78 is 18.6. The van der Waals surface area contributed by atoms with E-state index in [1.165, 1.54) is 12.1 Å². The molecule has 0 spiro atoms. The molecule has 0 radical (unpaired) electrons. The van der Waals surface area contributed by atoms with Crippen molar-refractivity contribution < 1.29 is 18.5 Å². The van der Waals surface area contributed by atoms with E-state index in [2.05, 4.69) is 20.8 Å². The Bertz CT molecular complexity index is 1350. The maximum absolute atomic E-state index is 13.3. The molecule has 0 unspecified atom stereocenters. The van der Waals surface area contributed by atoms with Crippen LogP contribution in [0.4, 0.5) is 10.1 Å². The molecule has 0 bridgehead atoms. The van der Waals surface area contributed by atoms with E-state index >= 15 is 0 Å². The fourth-order valence-corrected chi connectivity index (χ4v) is 3.86. The SMILES string of the molecule is Cc1cc(C)c(NC(=O)CNC(=O)c2cc(-c3ccc(F)cc3)nc3onc(C)c23)c(C)c1. The first-order valence-corrected chi connectivity index (χ1v) is 10.4. The molecule has 0 aliphatic rings. The van der Waals surface area contributed by atoms with Crippen LogP contribution in [0.25, 0.3) is 22.4 Å². The Balaban J connectivity index is 1.57. The molecule has 0 fully saturated rings. The molecule has 2 aromatic heterocycles. The zero-order chi connectivity index (χ0) is 23.7. The van der Waals surface area contributed by atoms with Crippen molar-refractivity contribution in [2.24, 2.45) is 0 Å². The van der Waals surface area contributed by atoms with Crippen LogP contribution in [0.1, 0.15) is 32.7 Å². The molecule has 0 aliphatic heterocycles. The van der Waals surface area contributed by atoms with Crippen molar-refractivity contribution in [2.45, 2.75) is 27.7 Å². The van der Waals surface area contributed by atoms with Crippen molar-refractivity contribution in [1.29, 1.82) is 0 Å². The highest BCUT2D eigenvalue weighted by molar-refractivity contribution is 6.08. The lowest BCUT2D eigenvalue weighted by molar-refractivity contribution is -0.115. The average Bonchev–Trinajstić information content (AvgIpc) is 3.15. The predicted octanol–water partition coefficient (Wildman–Crippen LogP) is 4.63. The molecule has 2 heterocycles. The molecule has 0 saturated carbocycles. The Morgan fingerprint density at radius 2 is 1.67 bits per heavy atom. The highest BCUT2D eigenvalue weighted by atomic mass is 19.1. The van der Waals surface area contributed by atoms with Crippen molar-refractivity contribution in [1.82, 2.24) is 15.5 Å². The van der Waals surface area contributed by atoms with Gasteiger partial charge in [-0.15, -0.1) is 0 Å². The zero-order valence-electron chi connectivity index (χ0n) is 18.7. The number of benzene rings is 2. The number of nitrogens with zero attached hydrogens (tertiary/aromatic N) is 2. The summed E-state index contributed by atoms with van der Waals surface area (Å²) in [5, 5.41) is 9.89. The summed E-state index contributed by atoms with van der Waals surface area (Å²) in [7, 11) is 0. The molecule has 7 nitrogen and oxygen atoms in total. The van der Waals surface area contributed by atoms with E-state index in [0.29, 0.717) is 22.3 Å². The molecule has 0 saturated heterocycles. The number of nitrogens with one attached hydrogen (secondary N) is 2. The maximum atomic E-state index is 13.3. The van der Waals surface area contributed by atoms with Gasteiger partial charge < -0.3 is 15.2 Å². The van der Waals surface area contributed by atoms with Crippen molar-refractivity contribution in [3.05, 3.63) is 76.2 Å². The summed E-state index contributed by atoms with van der Waals surface area (Å²) in [4.78, 5) is 30.0. The molecule has 168 valence electrons. The minimum atomic E-state index is -0.468. The number of hydrogen-bond donors (Lipinski definition) is 2. The number of fused-ring (bicyclic) bond motifs is 1. The van der Waals surface area contributed by atoms with Crippen LogP contribution in [0.15, 0.2) is 47.0 Å². The van der Waals surface area contributed by atoms with Crippen LogP contribution in [0.3, 0.4) is 0 Å². The van der Waals surface area contributed by atoms with E-state index < -0.39 is 5.91 Å². The van der Waals surface area contributed by atoms with Crippen LogP contribution in [-0.2, 0) is 4.79 Å². The number of pyridine rings is 1. The quantitative estimate of drug-likeness (QED) is 0.466. The Labute approximate surface area is 190 Å². The smallest absolute Gasteiger partial charge is 0.259 e. The maximum Gasteiger partial charge on any atom is 0.259 e. The van der Waals surface area contributed by atoms with E-state index in [1.54, 1.807) is 25.1 Å². The standard InChI is InChI=1S/C25H23FN4O3/c1-13-9-14(2)23(15(3)10-13)29-21(31)12-27-24(32)19-11-20(17-5-7-18(26)8-6-17)28-25-22(19)16(4)30-33-25/h5-11H,12H2,1-4H3,(H,27,32)(H,29,31). The Hall–Kier alpha value is -4.07. The molecule has 0 aliphatic carbocycles. The van der Waals surface area contributed by atoms with Crippen LogP contribution in [-0.4, -0.2) is 28.5 Å². The number of aromatic nitrogens is 2. The van der Waals surface area contributed by atoms with Crippen molar-refractivity contribution in [3.63, 3.8) is 0 Å². The van der Waals surface area contributed by atoms with Gasteiger partial charge in [0.25, 0.3) is 11.6 Å². The second-order valence-corrected chi connectivity index (χ2v) is 8.01.